The van der Waals surface area contributed by atoms with Gasteiger partial charge in [0.15, 0.2) is 5.13 Å². The summed E-state index contributed by atoms with van der Waals surface area (Å²) in [6, 6.07) is 2.03. The van der Waals surface area contributed by atoms with E-state index >= 15 is 0 Å². The number of nitrogens with zero attached hydrogens (tertiary/aromatic N) is 3. The predicted octanol–water partition coefficient (Wildman–Crippen LogP) is 2.49. The Morgan fingerprint density at radius 3 is 2.95 bits per heavy atom. The lowest BCUT2D eigenvalue weighted by molar-refractivity contribution is -0.130. The van der Waals surface area contributed by atoms with Gasteiger partial charge in [-0.3, -0.25) is 4.79 Å². The van der Waals surface area contributed by atoms with Gasteiger partial charge in [0.1, 0.15) is 0 Å². The second kappa shape index (κ2) is 6.37. The number of amides is 1. The molecule has 1 fully saturated rings. The number of hydrogen-bond donors (Lipinski definition) is 0. The maximum atomic E-state index is 12.3. The van der Waals surface area contributed by atoms with Gasteiger partial charge in [0.05, 0.1) is 6.42 Å². The topological polar surface area (TPSA) is 36.4 Å². The molecular formula is C14H17N3OS2. The van der Waals surface area contributed by atoms with Crippen LogP contribution in [-0.4, -0.2) is 42.0 Å². The van der Waals surface area contributed by atoms with Crippen molar-refractivity contribution in [3.8, 4) is 0 Å². The fourth-order valence-electron chi connectivity index (χ4n) is 2.41. The average molecular weight is 307 g/mol. The molecule has 2 aromatic heterocycles. The van der Waals surface area contributed by atoms with Crippen molar-refractivity contribution in [3.63, 3.8) is 0 Å². The second-order valence-electron chi connectivity index (χ2n) is 4.84. The lowest BCUT2D eigenvalue weighted by atomic mass is 10.2. The minimum absolute atomic E-state index is 0.240. The van der Waals surface area contributed by atoms with Crippen LogP contribution in [0.25, 0.3) is 0 Å². The molecule has 6 heteroatoms. The van der Waals surface area contributed by atoms with E-state index in [4.69, 9.17) is 0 Å². The Hall–Kier alpha value is -1.40. The molecule has 1 aliphatic heterocycles. The van der Waals surface area contributed by atoms with E-state index in [2.05, 4.69) is 15.3 Å². The molecular weight excluding hydrogens is 290 g/mol. The summed E-state index contributed by atoms with van der Waals surface area (Å²) in [4.78, 5) is 20.9. The summed E-state index contributed by atoms with van der Waals surface area (Å²) >= 11 is 3.31. The predicted molar refractivity (Wildman–Crippen MR) is 83.5 cm³/mol. The van der Waals surface area contributed by atoms with Gasteiger partial charge in [0, 0.05) is 37.8 Å². The maximum Gasteiger partial charge on any atom is 0.227 e. The van der Waals surface area contributed by atoms with Gasteiger partial charge in [-0.2, -0.15) is 11.3 Å². The van der Waals surface area contributed by atoms with Crippen molar-refractivity contribution in [2.45, 2.75) is 12.8 Å². The molecule has 1 aliphatic rings. The molecule has 3 rings (SSSR count). The molecule has 0 N–H and O–H groups in total. The average Bonchev–Trinajstić information content (AvgIpc) is 3.09. The van der Waals surface area contributed by atoms with E-state index in [9.17, 15) is 4.79 Å². The summed E-state index contributed by atoms with van der Waals surface area (Å²) in [5, 5.41) is 7.14. The second-order valence-corrected chi connectivity index (χ2v) is 6.50. The van der Waals surface area contributed by atoms with Gasteiger partial charge in [-0.05, 0) is 28.8 Å². The van der Waals surface area contributed by atoms with E-state index in [1.807, 2.05) is 27.9 Å². The Balaban J connectivity index is 1.58. The number of anilines is 1. The van der Waals surface area contributed by atoms with Crippen molar-refractivity contribution in [2.75, 3.05) is 31.1 Å². The molecule has 0 unspecified atom stereocenters. The Morgan fingerprint density at radius 1 is 1.25 bits per heavy atom. The number of thiophene rings is 1. The smallest absolute Gasteiger partial charge is 0.227 e. The van der Waals surface area contributed by atoms with Crippen LogP contribution in [0.1, 0.15) is 12.0 Å². The van der Waals surface area contributed by atoms with E-state index in [0.29, 0.717) is 6.42 Å². The summed E-state index contributed by atoms with van der Waals surface area (Å²) in [5.74, 6) is 0.240. The summed E-state index contributed by atoms with van der Waals surface area (Å²) in [6.45, 7) is 3.51. The first-order valence-electron chi connectivity index (χ1n) is 6.76. The van der Waals surface area contributed by atoms with Crippen molar-refractivity contribution in [1.82, 2.24) is 9.88 Å². The lowest BCUT2D eigenvalue weighted by Gasteiger charge is -2.21. The van der Waals surface area contributed by atoms with E-state index in [1.54, 1.807) is 22.7 Å². The third kappa shape index (κ3) is 3.19. The van der Waals surface area contributed by atoms with Crippen LogP contribution in [0.3, 0.4) is 0 Å². The van der Waals surface area contributed by atoms with Crippen molar-refractivity contribution < 1.29 is 4.79 Å². The molecule has 2 aromatic rings. The van der Waals surface area contributed by atoms with Crippen molar-refractivity contribution in [1.29, 1.82) is 0 Å². The largest absolute Gasteiger partial charge is 0.346 e. The molecule has 3 heterocycles. The van der Waals surface area contributed by atoms with Gasteiger partial charge in [-0.15, -0.1) is 11.3 Å². The summed E-state index contributed by atoms with van der Waals surface area (Å²) < 4.78 is 0. The zero-order valence-corrected chi connectivity index (χ0v) is 12.8. The van der Waals surface area contributed by atoms with Crippen LogP contribution in [-0.2, 0) is 11.2 Å². The van der Waals surface area contributed by atoms with Gasteiger partial charge >= 0.3 is 0 Å². The molecule has 0 radical (unpaired) electrons. The third-order valence-corrected chi connectivity index (χ3v) is 5.04. The highest BCUT2D eigenvalue weighted by Gasteiger charge is 2.20. The van der Waals surface area contributed by atoms with Gasteiger partial charge < -0.3 is 9.80 Å². The fraction of sp³-hybridized carbons (Fsp3) is 0.429. The Morgan fingerprint density at radius 2 is 2.20 bits per heavy atom. The number of carbonyl (C=O) groups is 1. The molecule has 20 heavy (non-hydrogen) atoms. The third-order valence-electron chi connectivity index (χ3n) is 3.47. The molecule has 106 valence electrons. The van der Waals surface area contributed by atoms with E-state index in [1.165, 1.54) is 0 Å². The Bertz CT molecular complexity index is 539. The fourth-order valence-corrected chi connectivity index (χ4v) is 3.78. The first kappa shape index (κ1) is 13.6. The van der Waals surface area contributed by atoms with Gasteiger partial charge in [0.25, 0.3) is 0 Å². The SMILES string of the molecule is O=C(Cc1ccsc1)N1CCCN(c2nccs2)CC1. The highest BCUT2D eigenvalue weighted by atomic mass is 32.1. The molecule has 0 bridgehead atoms. The van der Waals surface area contributed by atoms with Crippen LogP contribution >= 0.6 is 22.7 Å². The van der Waals surface area contributed by atoms with E-state index in [-0.39, 0.29) is 5.91 Å². The monoisotopic (exact) mass is 307 g/mol. The van der Waals surface area contributed by atoms with E-state index < -0.39 is 0 Å². The van der Waals surface area contributed by atoms with Crippen LogP contribution in [0.2, 0.25) is 0 Å². The first-order chi connectivity index (χ1) is 9.83. The molecule has 0 aliphatic carbocycles. The minimum Gasteiger partial charge on any atom is -0.346 e. The van der Waals surface area contributed by atoms with E-state index in [0.717, 1.165) is 43.3 Å². The number of carbonyl (C=O) groups excluding carboxylic acids is 1. The van der Waals surface area contributed by atoms with Gasteiger partial charge in [-0.25, -0.2) is 4.98 Å². The highest BCUT2D eigenvalue weighted by molar-refractivity contribution is 7.13. The quantitative estimate of drug-likeness (QED) is 0.874. The van der Waals surface area contributed by atoms with Crippen LogP contribution in [0.15, 0.2) is 28.4 Å². The van der Waals surface area contributed by atoms with Crippen molar-refractivity contribution in [3.05, 3.63) is 34.0 Å². The molecule has 0 atom stereocenters. The molecule has 0 spiro atoms. The zero-order valence-electron chi connectivity index (χ0n) is 11.2. The molecule has 4 nitrogen and oxygen atoms in total. The molecule has 1 saturated heterocycles. The van der Waals surface area contributed by atoms with Crippen LogP contribution < -0.4 is 4.90 Å². The van der Waals surface area contributed by atoms with Gasteiger partial charge in [-0.1, -0.05) is 0 Å². The van der Waals surface area contributed by atoms with Crippen molar-refractivity contribution in [2.24, 2.45) is 0 Å². The number of hydrogen-bond acceptors (Lipinski definition) is 5. The van der Waals surface area contributed by atoms with Crippen molar-refractivity contribution >= 4 is 33.7 Å². The minimum atomic E-state index is 0.240. The first-order valence-corrected chi connectivity index (χ1v) is 8.58. The maximum absolute atomic E-state index is 12.3. The Labute approximate surface area is 126 Å². The lowest BCUT2D eigenvalue weighted by Crippen LogP contribution is -2.36. The molecule has 0 saturated carbocycles. The summed E-state index contributed by atoms with van der Waals surface area (Å²) in [6.07, 6.45) is 3.38. The molecule has 0 aromatic carbocycles. The number of aromatic nitrogens is 1. The Kier molecular flexibility index (Phi) is 4.32. The summed E-state index contributed by atoms with van der Waals surface area (Å²) in [7, 11) is 0. The number of thiazole rings is 1. The van der Waals surface area contributed by atoms with Gasteiger partial charge in [0.2, 0.25) is 5.91 Å². The highest BCUT2D eigenvalue weighted by Crippen LogP contribution is 2.19. The van der Waals surface area contributed by atoms with Crippen LogP contribution in [0, 0.1) is 0 Å². The summed E-state index contributed by atoms with van der Waals surface area (Å²) in [5.41, 5.74) is 1.13. The normalized spacial score (nSPS) is 16.2. The molecule has 1 amide bonds. The number of rotatable bonds is 3. The standard InChI is InChI=1S/C14H17N3OS2/c18-13(10-12-2-8-19-11-12)16-4-1-5-17(7-6-16)14-15-3-9-20-14/h2-3,8-9,11H,1,4-7,10H2. The zero-order chi connectivity index (χ0) is 13.8. The van der Waals surface area contributed by atoms with Crippen LogP contribution in [0.4, 0.5) is 5.13 Å². The van der Waals surface area contributed by atoms with Crippen LogP contribution in [0.5, 0.6) is 0 Å².